The van der Waals surface area contributed by atoms with Crippen LogP contribution in [0.3, 0.4) is 0 Å². The lowest BCUT2D eigenvalue weighted by Crippen LogP contribution is -2.45. The van der Waals surface area contributed by atoms with Crippen molar-refractivity contribution in [3.05, 3.63) is 52.4 Å². The highest BCUT2D eigenvalue weighted by Gasteiger charge is 2.43. The molecule has 1 saturated heterocycles. The minimum atomic E-state index is -4.51. The zero-order chi connectivity index (χ0) is 32.5. The van der Waals surface area contributed by atoms with Crippen LogP contribution in [0.4, 0.5) is 24.7 Å². The molecule has 13 heteroatoms. The molecule has 0 saturated carbocycles. The van der Waals surface area contributed by atoms with E-state index >= 15 is 0 Å². The number of pyridine rings is 1. The number of benzene rings is 1. The molecule has 0 amide bonds. The largest absolute Gasteiger partial charge is 0.460 e. The van der Waals surface area contributed by atoms with Gasteiger partial charge in [-0.2, -0.15) is 23.5 Å². The Labute approximate surface area is 253 Å². The maximum absolute atomic E-state index is 13.8. The van der Waals surface area contributed by atoms with Gasteiger partial charge in [0.25, 0.3) is 5.56 Å². The molecule has 2 aromatic heterocycles. The van der Waals surface area contributed by atoms with Crippen LogP contribution in [-0.4, -0.2) is 50.8 Å². The second kappa shape index (κ2) is 12.2. The Hall–Kier alpha value is -3.89. The van der Waals surface area contributed by atoms with E-state index in [9.17, 15) is 28.0 Å². The molecule has 3 atom stereocenters. The fourth-order valence-corrected chi connectivity index (χ4v) is 5.33. The second-order valence-corrected chi connectivity index (χ2v) is 13.3. The standard InChI is InChI=1S/C31H39F3N6O4/c1-28(2,3)38-25(31(32,33)34)19-7-9-20(10-8-19)37-26-24-22(12-16-36-27(24)42)40(39-26)30(14-15-35)13-11-21(43-18-30)17-23(41)44-29(4,5)6/h7-10,12,16,21,25,38H,11,13-14,17-18H2,1-6H3,(H,36,42)(H,37,39)/t21-,25?,30-/m0/s1. The van der Waals surface area contributed by atoms with Gasteiger partial charge in [0, 0.05) is 17.4 Å². The number of carbonyl (C=O) groups is 1. The Morgan fingerprint density at radius 1 is 1.20 bits per heavy atom. The van der Waals surface area contributed by atoms with Crippen molar-refractivity contribution in [2.45, 2.75) is 102 Å². The van der Waals surface area contributed by atoms with Crippen LogP contribution < -0.4 is 16.2 Å². The minimum Gasteiger partial charge on any atom is -0.460 e. The van der Waals surface area contributed by atoms with E-state index in [-0.39, 0.29) is 42.2 Å². The summed E-state index contributed by atoms with van der Waals surface area (Å²) in [6.45, 7) is 10.4. The fourth-order valence-electron chi connectivity index (χ4n) is 5.33. The van der Waals surface area contributed by atoms with Crippen molar-refractivity contribution < 1.29 is 27.4 Å². The van der Waals surface area contributed by atoms with Crippen LogP contribution in [0.2, 0.25) is 0 Å². The Morgan fingerprint density at radius 3 is 2.43 bits per heavy atom. The van der Waals surface area contributed by atoms with Crippen LogP contribution in [0.25, 0.3) is 10.9 Å². The predicted octanol–water partition coefficient (Wildman–Crippen LogP) is 5.98. The van der Waals surface area contributed by atoms with Gasteiger partial charge in [-0.1, -0.05) is 12.1 Å². The van der Waals surface area contributed by atoms with E-state index in [2.05, 4.69) is 21.7 Å². The molecule has 238 valence electrons. The van der Waals surface area contributed by atoms with Gasteiger partial charge in [-0.15, -0.1) is 0 Å². The van der Waals surface area contributed by atoms with Gasteiger partial charge in [0.2, 0.25) is 0 Å². The number of hydrogen-bond acceptors (Lipinski definition) is 8. The number of carbonyl (C=O) groups excluding carboxylic acids is 1. The molecular formula is C31H39F3N6O4. The summed E-state index contributed by atoms with van der Waals surface area (Å²) in [5.74, 6) is -0.192. The summed E-state index contributed by atoms with van der Waals surface area (Å²) in [6, 6.07) is 7.76. The number of rotatable bonds is 8. The van der Waals surface area contributed by atoms with E-state index in [1.54, 1.807) is 52.3 Å². The van der Waals surface area contributed by atoms with Crippen molar-refractivity contribution in [1.29, 1.82) is 5.26 Å². The molecule has 3 heterocycles. The quantitative estimate of drug-likeness (QED) is 0.263. The maximum Gasteiger partial charge on any atom is 0.407 e. The van der Waals surface area contributed by atoms with Crippen LogP contribution in [0.15, 0.2) is 41.3 Å². The molecule has 0 aliphatic carbocycles. The summed E-state index contributed by atoms with van der Waals surface area (Å²) in [6.07, 6.45) is -2.41. The van der Waals surface area contributed by atoms with Crippen molar-refractivity contribution in [1.82, 2.24) is 20.1 Å². The SMILES string of the molecule is CC(C)(C)NC(c1ccc(Nc2nn([C@]3(CC#N)CC[C@@H](CC(=O)OC(C)(C)C)OC3)c3cc[nH]c(=O)c23)cc1)C(F)(F)F. The van der Waals surface area contributed by atoms with Gasteiger partial charge < -0.3 is 19.8 Å². The topological polar surface area (TPSA) is 134 Å². The molecule has 0 radical (unpaired) electrons. The Morgan fingerprint density at radius 2 is 1.89 bits per heavy atom. The lowest BCUT2D eigenvalue weighted by Gasteiger charge is -2.39. The Kier molecular flexibility index (Phi) is 9.19. The first-order chi connectivity index (χ1) is 20.4. The number of hydrogen-bond donors (Lipinski definition) is 3. The van der Waals surface area contributed by atoms with Crippen molar-refractivity contribution in [2.75, 3.05) is 11.9 Å². The van der Waals surface area contributed by atoms with E-state index in [4.69, 9.17) is 14.6 Å². The average Bonchev–Trinajstić information content (AvgIpc) is 3.27. The summed E-state index contributed by atoms with van der Waals surface area (Å²) >= 11 is 0. The predicted molar refractivity (Wildman–Crippen MR) is 159 cm³/mol. The smallest absolute Gasteiger partial charge is 0.407 e. The zero-order valence-electron chi connectivity index (χ0n) is 25.8. The lowest BCUT2D eigenvalue weighted by molar-refractivity contribution is -0.162. The summed E-state index contributed by atoms with van der Waals surface area (Å²) in [7, 11) is 0. The lowest BCUT2D eigenvalue weighted by atomic mass is 9.86. The number of alkyl halides is 3. The molecule has 1 fully saturated rings. The van der Waals surface area contributed by atoms with Crippen LogP contribution in [0, 0.1) is 11.3 Å². The van der Waals surface area contributed by atoms with Crippen molar-refractivity contribution in [2.24, 2.45) is 0 Å². The molecule has 1 aromatic carbocycles. The van der Waals surface area contributed by atoms with E-state index < -0.39 is 40.6 Å². The van der Waals surface area contributed by atoms with Crippen molar-refractivity contribution in [3.63, 3.8) is 0 Å². The van der Waals surface area contributed by atoms with E-state index in [1.165, 1.54) is 30.5 Å². The van der Waals surface area contributed by atoms with Crippen LogP contribution in [-0.2, 0) is 19.8 Å². The number of nitrogens with one attached hydrogen (secondary N) is 3. The number of H-pyrrole nitrogens is 1. The van der Waals surface area contributed by atoms with Gasteiger partial charge in [-0.05, 0) is 78.1 Å². The number of nitriles is 1. The minimum absolute atomic E-state index is 0.0312. The average molecular weight is 617 g/mol. The molecule has 1 aliphatic rings. The Bertz CT molecular complexity index is 1570. The third kappa shape index (κ3) is 7.78. The molecule has 44 heavy (non-hydrogen) atoms. The van der Waals surface area contributed by atoms with Gasteiger partial charge in [0.15, 0.2) is 5.82 Å². The normalized spacial score (nSPS) is 20.2. The number of esters is 1. The number of anilines is 2. The molecule has 1 unspecified atom stereocenters. The van der Waals surface area contributed by atoms with E-state index in [1.807, 2.05) is 0 Å². The summed E-state index contributed by atoms with van der Waals surface area (Å²) in [5.41, 5.74) is -1.82. The van der Waals surface area contributed by atoms with Crippen molar-refractivity contribution in [3.8, 4) is 6.07 Å². The first-order valence-electron chi connectivity index (χ1n) is 14.4. The number of fused-ring (bicyclic) bond motifs is 1. The maximum atomic E-state index is 13.8. The van der Waals surface area contributed by atoms with E-state index in [0.717, 1.165) is 0 Å². The molecule has 10 nitrogen and oxygen atoms in total. The second-order valence-electron chi connectivity index (χ2n) is 13.3. The van der Waals surface area contributed by atoms with Gasteiger partial charge in [-0.25, -0.2) is 0 Å². The highest BCUT2D eigenvalue weighted by molar-refractivity contribution is 5.91. The monoisotopic (exact) mass is 616 g/mol. The third-order valence-corrected chi connectivity index (χ3v) is 7.21. The van der Waals surface area contributed by atoms with Gasteiger partial charge in [-0.3, -0.25) is 19.6 Å². The number of nitrogens with zero attached hydrogens (tertiary/aromatic N) is 3. The highest BCUT2D eigenvalue weighted by Crippen LogP contribution is 2.38. The zero-order valence-corrected chi connectivity index (χ0v) is 25.8. The van der Waals surface area contributed by atoms with Crippen molar-refractivity contribution >= 4 is 28.4 Å². The molecule has 3 N–H and O–H groups in total. The Balaban J connectivity index is 1.62. The fraction of sp³-hybridized carbons (Fsp3) is 0.548. The number of aromatic amines is 1. The molecule has 4 rings (SSSR count). The van der Waals surface area contributed by atoms with Gasteiger partial charge >= 0.3 is 12.1 Å². The summed E-state index contributed by atoms with van der Waals surface area (Å²) in [5, 5.41) is 20.4. The van der Waals surface area contributed by atoms with Gasteiger partial charge in [0.1, 0.15) is 17.0 Å². The molecule has 1 aliphatic heterocycles. The first-order valence-corrected chi connectivity index (χ1v) is 14.4. The summed E-state index contributed by atoms with van der Waals surface area (Å²) in [4.78, 5) is 28.0. The van der Waals surface area contributed by atoms with Crippen LogP contribution in [0.1, 0.15) is 78.8 Å². The molecule has 0 bridgehead atoms. The van der Waals surface area contributed by atoms with Crippen LogP contribution >= 0.6 is 0 Å². The molecule has 3 aromatic rings. The molecule has 0 spiro atoms. The molecular weight excluding hydrogens is 577 g/mol. The number of ether oxygens (including phenoxy) is 2. The van der Waals surface area contributed by atoms with E-state index in [0.29, 0.717) is 24.0 Å². The first kappa shape index (κ1) is 33.0. The van der Waals surface area contributed by atoms with Crippen LogP contribution in [0.5, 0.6) is 0 Å². The number of halogens is 3. The third-order valence-electron chi connectivity index (χ3n) is 7.21. The summed E-state index contributed by atoms with van der Waals surface area (Å²) < 4.78 is 54.7. The highest BCUT2D eigenvalue weighted by atomic mass is 19.4. The van der Waals surface area contributed by atoms with Gasteiger partial charge in [0.05, 0.1) is 42.7 Å². The number of aromatic nitrogens is 3.